The van der Waals surface area contributed by atoms with Crippen LogP contribution in [-0.4, -0.2) is 85.7 Å². The van der Waals surface area contributed by atoms with Crippen molar-refractivity contribution in [1.82, 2.24) is 14.7 Å². The van der Waals surface area contributed by atoms with Gasteiger partial charge in [-0.15, -0.1) is 0 Å². The van der Waals surface area contributed by atoms with Crippen LogP contribution < -0.4 is 0 Å². The van der Waals surface area contributed by atoms with Gasteiger partial charge in [0.1, 0.15) is 0 Å². The van der Waals surface area contributed by atoms with E-state index in [0.29, 0.717) is 39.2 Å². The van der Waals surface area contributed by atoms with Crippen LogP contribution in [0.1, 0.15) is 135 Å². The van der Waals surface area contributed by atoms with Gasteiger partial charge >= 0.3 is 5.97 Å². The molecular weight excluding hydrogens is 603 g/mol. The van der Waals surface area contributed by atoms with Crippen LogP contribution in [-0.2, 0) is 0 Å². The molecule has 6 rings (SSSR count). The van der Waals surface area contributed by atoms with Crippen molar-refractivity contribution in [2.45, 2.75) is 124 Å². The second-order valence-electron chi connectivity index (χ2n) is 20.2. The van der Waals surface area contributed by atoms with Gasteiger partial charge in [0.05, 0.1) is 5.56 Å². The zero-order valence-corrected chi connectivity index (χ0v) is 33.4. The summed E-state index contributed by atoms with van der Waals surface area (Å²) in [5.74, 6) is 4.33. The fraction of sp³-hybridized carbons (Fsp3) is 0.841. The summed E-state index contributed by atoms with van der Waals surface area (Å²) in [5, 5.41) is 9.53. The largest absolute Gasteiger partial charge is 0.478 e. The highest BCUT2D eigenvalue weighted by atomic mass is 16.4. The van der Waals surface area contributed by atoms with E-state index >= 15 is 0 Å². The highest BCUT2D eigenvalue weighted by Gasteiger charge is 2.71. The van der Waals surface area contributed by atoms with Crippen LogP contribution in [0.25, 0.3) is 0 Å². The number of fused-ring (bicyclic) bond motifs is 7. The maximum absolute atomic E-state index is 11.6. The second kappa shape index (κ2) is 13.2. The van der Waals surface area contributed by atoms with Crippen molar-refractivity contribution in [3.63, 3.8) is 0 Å². The Bertz CT molecular complexity index is 1330. The van der Waals surface area contributed by atoms with Gasteiger partial charge in [-0.25, -0.2) is 4.79 Å². The number of carboxylic acids is 1. The molecule has 0 aliphatic heterocycles. The molecule has 0 radical (unpaired) electrons. The smallest absolute Gasteiger partial charge is 0.335 e. The third-order valence-electron chi connectivity index (χ3n) is 17.2. The number of carbonyl (C=O) groups is 1. The van der Waals surface area contributed by atoms with Crippen LogP contribution >= 0.6 is 0 Å². The first kappa shape index (κ1) is 37.3. The van der Waals surface area contributed by atoms with Crippen molar-refractivity contribution < 1.29 is 9.90 Å². The van der Waals surface area contributed by atoms with Gasteiger partial charge in [0, 0.05) is 31.7 Å². The van der Waals surface area contributed by atoms with Crippen molar-refractivity contribution in [2.24, 2.45) is 57.2 Å². The fourth-order valence-corrected chi connectivity index (χ4v) is 14.6. The molecule has 0 bridgehead atoms. The molecule has 5 nitrogen and oxygen atoms in total. The van der Waals surface area contributed by atoms with Gasteiger partial charge < -0.3 is 14.9 Å². The predicted molar refractivity (Wildman–Crippen MR) is 204 cm³/mol. The lowest BCUT2D eigenvalue weighted by Gasteiger charge is -2.73. The molecule has 1 N–H and O–H groups in total. The van der Waals surface area contributed by atoms with E-state index in [1.165, 1.54) is 82.9 Å². The Kier molecular flexibility index (Phi) is 10.1. The molecule has 5 fully saturated rings. The lowest BCUT2D eigenvalue weighted by Crippen LogP contribution is -2.69. The first-order valence-corrected chi connectivity index (χ1v) is 20.3. The molecule has 10 atom stereocenters. The number of benzene rings is 1. The molecule has 5 saturated carbocycles. The molecule has 49 heavy (non-hydrogen) atoms. The Hall–Kier alpha value is -1.43. The Morgan fingerprint density at radius 1 is 0.735 bits per heavy atom. The Morgan fingerprint density at radius 2 is 1.37 bits per heavy atom. The molecule has 0 aromatic heterocycles. The summed E-state index contributed by atoms with van der Waals surface area (Å²) in [6, 6.07) is 7.92. The van der Waals surface area contributed by atoms with Crippen molar-refractivity contribution >= 4 is 5.97 Å². The number of likely N-dealkylation sites (N-methyl/N-ethyl adjacent to an activating group) is 2. The van der Waals surface area contributed by atoms with Crippen molar-refractivity contribution in [2.75, 3.05) is 54.4 Å². The summed E-state index contributed by atoms with van der Waals surface area (Å²) < 4.78 is 0. The van der Waals surface area contributed by atoms with Crippen LogP contribution in [0.2, 0.25) is 0 Å². The highest BCUT2D eigenvalue weighted by molar-refractivity contribution is 5.87. The number of hydrogen-bond donors (Lipinski definition) is 1. The van der Waals surface area contributed by atoms with Crippen LogP contribution in [0.3, 0.4) is 0 Å². The molecular formula is C44H73N3O2. The van der Waals surface area contributed by atoms with Crippen LogP contribution in [0.4, 0.5) is 0 Å². The summed E-state index contributed by atoms with van der Waals surface area (Å²) >= 11 is 0. The molecule has 1 aromatic carbocycles. The summed E-state index contributed by atoms with van der Waals surface area (Å²) in [7, 11) is 9.02. The average molecular weight is 676 g/mol. The monoisotopic (exact) mass is 676 g/mol. The normalized spacial score (nSPS) is 41.4. The minimum atomic E-state index is -0.829. The summed E-state index contributed by atoms with van der Waals surface area (Å²) in [6.45, 7) is 23.3. The first-order chi connectivity index (χ1) is 22.9. The number of nitrogens with zero attached hydrogens (tertiary/aromatic N) is 3. The van der Waals surface area contributed by atoms with E-state index in [1.807, 2.05) is 12.1 Å². The van der Waals surface area contributed by atoms with E-state index in [-0.39, 0.29) is 5.41 Å². The number of carboxylic acid groups (broad SMARTS) is 1. The number of rotatable bonds is 10. The van der Waals surface area contributed by atoms with Crippen LogP contribution in [0, 0.1) is 57.2 Å². The van der Waals surface area contributed by atoms with Gasteiger partial charge in [-0.2, -0.15) is 0 Å². The first-order valence-electron chi connectivity index (χ1n) is 20.3. The zero-order chi connectivity index (χ0) is 35.7. The Balaban J connectivity index is 1.32. The van der Waals surface area contributed by atoms with E-state index in [2.05, 4.69) is 103 Å². The third kappa shape index (κ3) is 5.87. The van der Waals surface area contributed by atoms with E-state index in [9.17, 15) is 9.90 Å². The van der Waals surface area contributed by atoms with E-state index in [4.69, 9.17) is 0 Å². The lowest BCUT2D eigenvalue weighted by molar-refractivity contribution is -0.242. The highest BCUT2D eigenvalue weighted by Crippen LogP contribution is 2.77. The standard InChI is InChI=1S/C44H73N3O2/c1-30(2)33-18-23-44(47(28-26-45(8)9)29-27-46(10)11)25-24-42(6)35(38(33)44)16-17-37-41(5)21-19-34(31-12-14-32(15-13-31)39(48)49)40(3,4)36(41)20-22-43(37,42)7/h12-15,30,33-38H,16-29H2,1-11H3,(H,48,49)/t33-,34+,35+,36-,37+,38+,41-,42+,43+,44-/m0/s1. The lowest BCUT2D eigenvalue weighted by atomic mass is 9.32. The minimum Gasteiger partial charge on any atom is -0.478 e. The van der Waals surface area contributed by atoms with Gasteiger partial charge in [-0.05, 0) is 173 Å². The molecule has 0 unspecified atom stereocenters. The second-order valence-corrected chi connectivity index (χ2v) is 20.2. The predicted octanol–water partition coefficient (Wildman–Crippen LogP) is 9.38. The van der Waals surface area contributed by atoms with E-state index in [1.54, 1.807) is 0 Å². The summed E-state index contributed by atoms with van der Waals surface area (Å²) in [5.41, 5.74) is 3.40. The van der Waals surface area contributed by atoms with Crippen LogP contribution in [0.5, 0.6) is 0 Å². The molecule has 1 aromatic rings. The maximum atomic E-state index is 11.6. The minimum absolute atomic E-state index is 0.187. The van der Waals surface area contributed by atoms with Gasteiger partial charge in [0.15, 0.2) is 0 Å². The number of hydrogen-bond acceptors (Lipinski definition) is 4. The Morgan fingerprint density at radius 3 is 1.94 bits per heavy atom. The molecule has 0 amide bonds. The summed E-state index contributed by atoms with van der Waals surface area (Å²) in [4.78, 5) is 19.5. The van der Waals surface area contributed by atoms with Gasteiger partial charge in [-0.1, -0.05) is 60.6 Å². The molecule has 276 valence electrons. The van der Waals surface area contributed by atoms with Crippen LogP contribution in [0.15, 0.2) is 24.3 Å². The molecule has 0 heterocycles. The molecule has 0 saturated heterocycles. The quantitative estimate of drug-likeness (QED) is 0.268. The topological polar surface area (TPSA) is 47.0 Å². The van der Waals surface area contributed by atoms with Gasteiger partial charge in [0.25, 0.3) is 0 Å². The van der Waals surface area contributed by atoms with E-state index < -0.39 is 5.97 Å². The maximum Gasteiger partial charge on any atom is 0.335 e. The van der Waals surface area contributed by atoms with Crippen molar-refractivity contribution in [1.29, 1.82) is 0 Å². The van der Waals surface area contributed by atoms with Gasteiger partial charge in [-0.3, -0.25) is 4.90 Å². The average Bonchev–Trinajstić information content (AvgIpc) is 3.42. The molecule has 0 spiro atoms. The van der Waals surface area contributed by atoms with Crippen molar-refractivity contribution in [3.8, 4) is 0 Å². The Labute approximate surface area is 301 Å². The number of aromatic carboxylic acids is 1. The molecule has 5 aliphatic carbocycles. The molecule has 5 heteroatoms. The fourth-order valence-electron chi connectivity index (χ4n) is 14.6. The summed E-state index contributed by atoms with van der Waals surface area (Å²) in [6.07, 6.45) is 13.7. The van der Waals surface area contributed by atoms with E-state index in [0.717, 1.165) is 42.7 Å². The SMILES string of the molecule is CC(C)[C@@H]1CC[C@]2(N(CCN(C)C)CCN(C)C)CC[C@]3(C)[C@H](CC[C@@H]4[C@@]5(C)CC[C@H](c6ccc(C(=O)O)cc6)C(C)(C)[C@@H]5CC[C@]43C)[C@@H]12. The third-order valence-corrected chi connectivity index (χ3v) is 17.2. The molecule has 5 aliphatic rings. The zero-order valence-electron chi connectivity index (χ0n) is 33.4. The van der Waals surface area contributed by atoms with Crippen molar-refractivity contribution in [3.05, 3.63) is 35.4 Å². The van der Waals surface area contributed by atoms with Gasteiger partial charge in [0.2, 0.25) is 0 Å².